The monoisotopic (exact) mass is 998 g/mol. The molecule has 2 aliphatic heterocycles. The second kappa shape index (κ2) is 23.2. The summed E-state index contributed by atoms with van der Waals surface area (Å²) in [6.45, 7) is 7.77. The Labute approximate surface area is 447 Å². The fourth-order valence-electron chi connectivity index (χ4n) is 7.77. The smallest absolute Gasteiger partial charge is 0.748 e. The van der Waals surface area contributed by atoms with Gasteiger partial charge in [0, 0.05) is 59.0 Å². The molecule has 2 aliphatic rings. The van der Waals surface area contributed by atoms with E-state index in [9.17, 15) is 61.8 Å². The Hall–Kier alpha value is -1.80. The van der Waals surface area contributed by atoms with Crippen LogP contribution in [0.3, 0.4) is 0 Å². The molecular formula is C42H45N2Na3O14S4. The first-order chi connectivity index (χ1) is 28.6. The van der Waals surface area contributed by atoms with E-state index in [1.54, 1.807) is 48.6 Å². The average molecular weight is 999 g/mol. The number of hydrogen-bond donors (Lipinski definition) is 1. The molecule has 0 bridgehead atoms. The molecule has 23 heteroatoms. The quantitative estimate of drug-likeness (QED) is 0.0420. The van der Waals surface area contributed by atoms with Crippen molar-refractivity contribution in [2.45, 2.75) is 74.0 Å². The van der Waals surface area contributed by atoms with E-state index >= 15 is 0 Å². The summed E-state index contributed by atoms with van der Waals surface area (Å²) in [4.78, 5) is 13.0. The van der Waals surface area contributed by atoms with E-state index in [1.807, 2.05) is 37.2 Å². The van der Waals surface area contributed by atoms with Gasteiger partial charge < -0.3 is 28.2 Å². The van der Waals surface area contributed by atoms with E-state index in [2.05, 4.69) is 0 Å². The Kier molecular flexibility index (Phi) is 21.2. The van der Waals surface area contributed by atoms with Crippen molar-refractivity contribution >= 4 is 69.1 Å². The van der Waals surface area contributed by atoms with E-state index < -0.39 is 78.6 Å². The minimum absolute atomic E-state index is 0. The summed E-state index contributed by atoms with van der Waals surface area (Å²) in [6.07, 6.45) is 11.0. The van der Waals surface area contributed by atoms with Gasteiger partial charge in [-0.05, 0) is 98.4 Å². The van der Waals surface area contributed by atoms with Crippen molar-refractivity contribution in [3.05, 3.63) is 125 Å². The summed E-state index contributed by atoms with van der Waals surface area (Å²) in [5, 5.41) is 9.79. The van der Waals surface area contributed by atoms with Crippen molar-refractivity contribution in [1.29, 1.82) is 0 Å². The molecule has 16 nitrogen and oxygen atoms in total. The maximum Gasteiger partial charge on any atom is 1.00 e. The van der Waals surface area contributed by atoms with Gasteiger partial charge in [-0.15, -0.1) is 0 Å². The molecule has 1 N–H and O–H groups in total. The molecule has 0 spiro atoms. The Bertz CT molecular complexity index is 2910. The van der Waals surface area contributed by atoms with Gasteiger partial charge in [-0.2, -0.15) is 4.58 Å². The van der Waals surface area contributed by atoms with Gasteiger partial charge in [-0.3, -0.25) is 0 Å². The zero-order valence-corrected chi connectivity index (χ0v) is 46.4. The summed E-state index contributed by atoms with van der Waals surface area (Å²) in [7, 11) is -18.5. The minimum Gasteiger partial charge on any atom is -0.748 e. The molecule has 2 heterocycles. The third kappa shape index (κ3) is 15.1. The predicted molar refractivity (Wildman–Crippen MR) is 227 cm³/mol. The van der Waals surface area contributed by atoms with Crippen LogP contribution in [0.25, 0.3) is 5.57 Å². The fraction of sp³-hybridized carbons (Fsp3) is 0.333. The molecule has 0 atom stereocenters. The van der Waals surface area contributed by atoms with E-state index in [1.165, 1.54) is 48.5 Å². The van der Waals surface area contributed by atoms with Gasteiger partial charge in [0.1, 0.15) is 26.8 Å². The number of anilines is 1. The van der Waals surface area contributed by atoms with Crippen molar-refractivity contribution in [3.8, 4) is 0 Å². The summed E-state index contributed by atoms with van der Waals surface area (Å²) >= 11 is 0. The van der Waals surface area contributed by atoms with Crippen molar-refractivity contribution in [2.24, 2.45) is 0 Å². The number of carboxylic acids is 1. The number of aromatic carboxylic acids is 1. The number of benzene rings is 3. The fourth-order valence-corrected chi connectivity index (χ4v) is 9.87. The van der Waals surface area contributed by atoms with Crippen LogP contribution in [0.15, 0.2) is 113 Å². The number of allylic oxidation sites excluding steroid dienone is 8. The minimum atomic E-state index is -4.81. The molecule has 65 heavy (non-hydrogen) atoms. The first-order valence-corrected chi connectivity index (χ1v) is 25.2. The van der Waals surface area contributed by atoms with Crippen LogP contribution in [0, 0.1) is 0 Å². The molecule has 5 rings (SSSR count). The molecule has 0 unspecified atom stereocenters. The maximum atomic E-state index is 12.0. The van der Waals surface area contributed by atoms with Crippen molar-refractivity contribution in [1.82, 2.24) is 0 Å². The standard InChI is InChI=1S/C42H48N2O14S4.3Na/c1-41(2)34-27-32(61(53,54)55)18-20-36(34)43(22-5-7-24-59(47,48)49)38(41)16-10-12-29(30-14-9-15-31(26-30)40(45)46)13-11-17-39-42(3,4)35-28-33(62(56,57)58)19-21-37(35)44(39)23-6-8-25-60(50,51)52;;;/h9-21,26-28H,5-8,22-25H2,1-4H3,(H4-,45,46,47,48,49,50,51,52,53,54,55,56,57,58);;;/q;3*+1/p-3. The van der Waals surface area contributed by atoms with E-state index in [0.29, 0.717) is 45.0 Å². The van der Waals surface area contributed by atoms with Gasteiger partial charge in [0.05, 0.1) is 41.0 Å². The summed E-state index contributed by atoms with van der Waals surface area (Å²) in [5.74, 6) is -2.32. The van der Waals surface area contributed by atoms with Crippen LogP contribution < -0.4 is 93.6 Å². The molecule has 0 aromatic heterocycles. The van der Waals surface area contributed by atoms with E-state index in [-0.39, 0.29) is 133 Å². The topological polar surface area (TPSA) is 272 Å². The molecule has 334 valence electrons. The number of hydrogen-bond acceptors (Lipinski definition) is 14. The molecule has 0 amide bonds. The van der Waals surface area contributed by atoms with Gasteiger partial charge in [0.25, 0.3) is 0 Å². The Morgan fingerprint density at radius 2 is 1.25 bits per heavy atom. The molecule has 0 fully saturated rings. The number of fused-ring (bicyclic) bond motifs is 2. The Balaban J connectivity index is 0.00000484. The number of unbranched alkanes of at least 4 members (excludes halogenated alkanes) is 2. The second-order valence-corrected chi connectivity index (χ2v) is 21.7. The van der Waals surface area contributed by atoms with Gasteiger partial charge in [-0.25, -0.2) is 38.5 Å². The number of nitrogens with zero attached hydrogens (tertiary/aromatic N) is 2. The van der Waals surface area contributed by atoms with Crippen molar-refractivity contribution in [2.75, 3.05) is 29.5 Å². The Morgan fingerprint density at radius 3 is 1.82 bits per heavy atom. The van der Waals surface area contributed by atoms with E-state index in [0.717, 1.165) is 0 Å². The number of carbonyl (C=O) groups is 1. The van der Waals surface area contributed by atoms with Crippen LogP contribution in [-0.4, -0.2) is 97.8 Å². The number of carboxylic acid groups (broad SMARTS) is 1. The molecular weight excluding hydrogens is 954 g/mol. The van der Waals surface area contributed by atoms with Crippen LogP contribution in [0.1, 0.15) is 80.4 Å². The van der Waals surface area contributed by atoms with Crippen molar-refractivity contribution in [3.63, 3.8) is 0 Å². The van der Waals surface area contributed by atoms with Crippen LogP contribution in [-0.2, 0) is 51.3 Å². The average Bonchev–Trinajstić information content (AvgIpc) is 3.50. The molecule has 0 saturated heterocycles. The maximum absolute atomic E-state index is 12.0. The molecule has 3 aromatic carbocycles. The van der Waals surface area contributed by atoms with Crippen LogP contribution in [0.4, 0.5) is 11.4 Å². The zero-order chi connectivity index (χ0) is 46.1. The second-order valence-electron chi connectivity index (χ2n) is 15.9. The first-order valence-electron chi connectivity index (χ1n) is 19.2. The van der Waals surface area contributed by atoms with E-state index in [4.69, 9.17) is 0 Å². The zero-order valence-electron chi connectivity index (χ0n) is 37.2. The molecule has 0 saturated carbocycles. The van der Waals surface area contributed by atoms with Gasteiger partial charge in [0.2, 0.25) is 5.69 Å². The largest absolute Gasteiger partial charge is 1.00 e. The predicted octanol–water partition coefficient (Wildman–Crippen LogP) is -3.89. The van der Waals surface area contributed by atoms with Gasteiger partial charge >= 0.3 is 94.6 Å². The summed E-state index contributed by atoms with van der Waals surface area (Å²) in [6, 6.07) is 14.2. The Morgan fingerprint density at radius 1 is 0.692 bits per heavy atom. The van der Waals surface area contributed by atoms with Gasteiger partial charge in [0.15, 0.2) is 5.71 Å². The summed E-state index contributed by atoms with van der Waals surface area (Å²) < 4.78 is 142. The van der Waals surface area contributed by atoms with Crippen LogP contribution in [0.5, 0.6) is 0 Å². The van der Waals surface area contributed by atoms with Crippen LogP contribution >= 0.6 is 0 Å². The first kappa shape index (κ1) is 59.3. The summed E-state index contributed by atoms with van der Waals surface area (Å²) in [5.41, 5.74) is 2.74. The normalized spacial score (nSPS) is 16.6. The molecule has 3 aromatic rings. The third-order valence-corrected chi connectivity index (χ3v) is 14.1. The SMILES string of the molecule is CC1(C)C(=CC=CC(=C/C=C/C2=[N+](CCCCS(=O)(=O)[O-])c3ccc(S(=O)(=O)[O-])cc3C2(C)C)c2cccc(C(=O)O)c2)N(CCCCS(=O)(=O)[O-])c2ccc(S(=O)(=O)[O-])cc21.[Na+].[Na+].[Na+]. The van der Waals surface area contributed by atoms with Gasteiger partial charge in [-0.1, -0.05) is 50.3 Å². The third-order valence-electron chi connectivity index (χ3n) is 10.9. The van der Waals surface area contributed by atoms with Crippen molar-refractivity contribution < 1.29 is 155 Å². The molecule has 0 radical (unpaired) electrons. The number of rotatable bonds is 18. The molecule has 0 aliphatic carbocycles. The van der Waals surface area contributed by atoms with Crippen LogP contribution in [0.2, 0.25) is 0 Å².